The van der Waals surface area contributed by atoms with E-state index in [4.69, 9.17) is 11.6 Å². The number of benzene rings is 2. The summed E-state index contributed by atoms with van der Waals surface area (Å²) in [5.41, 5.74) is 1.86. The van der Waals surface area contributed by atoms with Crippen molar-refractivity contribution in [2.75, 3.05) is 4.72 Å². The van der Waals surface area contributed by atoms with Crippen LogP contribution in [0.1, 0.15) is 58.2 Å². The number of nitrogens with one attached hydrogen (secondary N) is 1. The summed E-state index contributed by atoms with van der Waals surface area (Å²) in [4.78, 5) is 27.4. The number of aryl methyl sites for hydroxylation is 1. The van der Waals surface area contributed by atoms with E-state index in [0.717, 1.165) is 20.8 Å². The predicted octanol–water partition coefficient (Wildman–Crippen LogP) is 4.07. The Morgan fingerprint density at radius 3 is 2.23 bits per heavy atom. The molecular weight excluding hydrogens is 490 g/mol. The molecule has 2 amide bonds. The minimum atomic E-state index is -4.05. The fraction of sp³-hybridized carbons (Fsp3) is 0.240. The summed E-state index contributed by atoms with van der Waals surface area (Å²) in [5, 5.41) is 9.83. The number of imide groups is 1. The third kappa shape index (κ3) is 4.74. The lowest BCUT2D eigenvalue weighted by Crippen LogP contribution is -2.33. The van der Waals surface area contributed by atoms with Crippen LogP contribution >= 0.6 is 11.6 Å². The zero-order valence-electron chi connectivity index (χ0n) is 19.7. The average Bonchev–Trinajstić information content (AvgIpc) is 3.00. The second-order valence-corrected chi connectivity index (χ2v) is 11.6. The monoisotopic (exact) mass is 514 g/mol. The van der Waals surface area contributed by atoms with Crippen molar-refractivity contribution in [3.63, 3.8) is 0 Å². The summed E-state index contributed by atoms with van der Waals surface area (Å²) in [7, 11) is -4.05. The third-order valence-electron chi connectivity index (χ3n) is 5.74. The topological polar surface area (TPSA) is 108 Å². The number of fused-ring (bicyclic) bond motifs is 1. The van der Waals surface area contributed by atoms with E-state index in [0.29, 0.717) is 5.56 Å². The molecule has 0 spiro atoms. The van der Waals surface area contributed by atoms with Gasteiger partial charge in [-0.3, -0.25) is 24.4 Å². The summed E-state index contributed by atoms with van der Waals surface area (Å²) in [6.07, 6.45) is 2.85. The van der Waals surface area contributed by atoms with E-state index < -0.39 is 21.8 Å². The predicted molar refractivity (Wildman–Crippen MR) is 130 cm³/mol. The molecule has 3 aromatic rings. The SMILES string of the molecule is Cc1cc(CN2C(=O)c3c(Cl)ccc(NS(=O)(=O)c4ccc(C(C)(C)C)cc4)c3C2=O)c[n+](O)c1. The fourth-order valence-corrected chi connectivity index (χ4v) is 5.30. The van der Waals surface area contributed by atoms with Crippen molar-refractivity contribution in [3.05, 3.63) is 87.7 Å². The molecule has 2 N–H and O–H groups in total. The zero-order chi connectivity index (χ0) is 25.7. The number of hydrogen-bond donors (Lipinski definition) is 2. The van der Waals surface area contributed by atoms with Crippen LogP contribution in [0.25, 0.3) is 0 Å². The Morgan fingerprint density at radius 2 is 1.63 bits per heavy atom. The minimum absolute atomic E-state index is 0.0232. The Kier molecular flexibility index (Phi) is 6.11. The van der Waals surface area contributed by atoms with Gasteiger partial charge in [0.2, 0.25) is 12.4 Å². The van der Waals surface area contributed by atoms with Gasteiger partial charge in [-0.15, -0.1) is 0 Å². The van der Waals surface area contributed by atoms with Crippen molar-refractivity contribution in [1.29, 1.82) is 0 Å². The Bertz CT molecular complexity index is 1440. The molecule has 4 rings (SSSR count). The average molecular weight is 515 g/mol. The minimum Gasteiger partial charge on any atom is -0.285 e. The molecule has 1 aromatic heterocycles. The molecule has 1 aliphatic heterocycles. The maximum atomic E-state index is 13.3. The van der Waals surface area contributed by atoms with E-state index >= 15 is 0 Å². The third-order valence-corrected chi connectivity index (χ3v) is 7.43. The highest BCUT2D eigenvalue weighted by molar-refractivity contribution is 7.92. The van der Waals surface area contributed by atoms with E-state index in [2.05, 4.69) is 4.72 Å². The molecule has 0 saturated heterocycles. The van der Waals surface area contributed by atoms with Gasteiger partial charge in [0.15, 0.2) is 0 Å². The smallest absolute Gasteiger partial charge is 0.264 e. The Labute approximate surface area is 208 Å². The highest BCUT2D eigenvalue weighted by Gasteiger charge is 2.40. The van der Waals surface area contributed by atoms with Gasteiger partial charge in [0.05, 0.1) is 33.3 Å². The second-order valence-electron chi connectivity index (χ2n) is 9.52. The summed E-state index contributed by atoms with van der Waals surface area (Å²) in [6.45, 7) is 7.71. The number of carbonyl (C=O) groups excluding carboxylic acids is 2. The molecule has 35 heavy (non-hydrogen) atoms. The summed E-state index contributed by atoms with van der Waals surface area (Å²) < 4.78 is 29.5. The normalized spacial score (nSPS) is 13.8. The van der Waals surface area contributed by atoms with Gasteiger partial charge < -0.3 is 0 Å². The molecule has 0 unspecified atom stereocenters. The summed E-state index contributed by atoms with van der Waals surface area (Å²) in [5.74, 6) is -1.32. The van der Waals surface area contributed by atoms with Crippen LogP contribution in [0.3, 0.4) is 0 Å². The van der Waals surface area contributed by atoms with Gasteiger partial charge in [-0.1, -0.05) is 44.5 Å². The van der Waals surface area contributed by atoms with Crippen molar-refractivity contribution in [3.8, 4) is 0 Å². The van der Waals surface area contributed by atoms with Crippen molar-refractivity contribution >= 4 is 39.1 Å². The van der Waals surface area contributed by atoms with E-state index in [-0.39, 0.29) is 38.7 Å². The fourth-order valence-electron chi connectivity index (χ4n) is 3.99. The molecule has 8 nitrogen and oxygen atoms in total. The Hall–Kier alpha value is -3.43. The molecule has 1 aliphatic rings. The number of anilines is 1. The highest BCUT2D eigenvalue weighted by Crippen LogP contribution is 2.36. The van der Waals surface area contributed by atoms with Crippen LogP contribution in [0.4, 0.5) is 5.69 Å². The van der Waals surface area contributed by atoms with Crippen LogP contribution in [0, 0.1) is 6.92 Å². The number of hydrogen-bond acceptors (Lipinski definition) is 5. The number of rotatable bonds is 5. The van der Waals surface area contributed by atoms with Crippen LogP contribution in [0.15, 0.2) is 59.8 Å². The van der Waals surface area contributed by atoms with Gasteiger partial charge in [0.25, 0.3) is 21.8 Å². The first-order valence-corrected chi connectivity index (χ1v) is 12.7. The lowest BCUT2D eigenvalue weighted by Gasteiger charge is -2.19. The molecule has 10 heteroatoms. The first-order valence-electron chi connectivity index (χ1n) is 10.8. The van der Waals surface area contributed by atoms with Crippen LogP contribution in [-0.4, -0.2) is 30.3 Å². The van der Waals surface area contributed by atoms with Gasteiger partial charge in [0.1, 0.15) is 0 Å². The van der Waals surface area contributed by atoms with Crippen molar-refractivity contribution < 1.29 is 27.9 Å². The quantitative estimate of drug-likeness (QED) is 0.303. The van der Waals surface area contributed by atoms with Crippen molar-refractivity contribution in [1.82, 2.24) is 4.90 Å². The standard InChI is InChI=1S/C25H24ClN3O5S/c1-15-11-16(13-28(32)12-15)14-29-23(30)21-19(26)9-10-20(22(21)24(29)31)27-35(33,34)18-7-5-17(6-8-18)25(2,3)4/h5-13H,14H2,1-4H3,(H-,27,31,32)/p+1. The first kappa shape index (κ1) is 24.7. The van der Waals surface area contributed by atoms with Crippen molar-refractivity contribution in [2.24, 2.45) is 0 Å². The molecular formula is C25H25ClN3O5S+. The second kappa shape index (κ2) is 8.66. The molecule has 2 aromatic carbocycles. The molecule has 0 radical (unpaired) electrons. The molecule has 0 saturated carbocycles. The molecule has 0 atom stereocenters. The maximum absolute atomic E-state index is 13.3. The van der Waals surface area contributed by atoms with Gasteiger partial charge in [-0.2, -0.15) is 0 Å². The van der Waals surface area contributed by atoms with Gasteiger partial charge in [-0.05, 0) is 48.2 Å². The van der Waals surface area contributed by atoms with E-state index in [1.165, 1.54) is 36.7 Å². The summed E-state index contributed by atoms with van der Waals surface area (Å²) in [6, 6.07) is 11.0. The molecule has 0 bridgehead atoms. The zero-order valence-corrected chi connectivity index (χ0v) is 21.2. The van der Waals surface area contributed by atoms with Crippen LogP contribution < -0.4 is 9.45 Å². The van der Waals surface area contributed by atoms with Gasteiger partial charge in [0, 0.05) is 15.9 Å². The lowest BCUT2D eigenvalue weighted by molar-refractivity contribution is -0.905. The number of carbonyl (C=O) groups is 2. The number of sulfonamides is 1. The highest BCUT2D eigenvalue weighted by atomic mass is 35.5. The van der Waals surface area contributed by atoms with Gasteiger partial charge in [-0.25, -0.2) is 8.42 Å². The molecule has 182 valence electrons. The van der Waals surface area contributed by atoms with Gasteiger partial charge >= 0.3 is 0 Å². The van der Waals surface area contributed by atoms with Crippen LogP contribution in [-0.2, 0) is 22.0 Å². The van der Waals surface area contributed by atoms with Crippen LogP contribution in [0.2, 0.25) is 5.02 Å². The van der Waals surface area contributed by atoms with E-state index in [1.54, 1.807) is 25.1 Å². The Morgan fingerprint density at radius 1 is 1.00 bits per heavy atom. The number of aromatic nitrogens is 1. The number of nitrogens with zero attached hydrogens (tertiary/aromatic N) is 2. The lowest BCUT2D eigenvalue weighted by atomic mass is 9.87. The van der Waals surface area contributed by atoms with E-state index in [1.807, 2.05) is 20.8 Å². The first-order chi connectivity index (χ1) is 16.3. The molecule has 0 fully saturated rings. The number of amides is 2. The van der Waals surface area contributed by atoms with Crippen molar-refractivity contribution in [2.45, 2.75) is 44.6 Å². The largest absolute Gasteiger partial charge is 0.285 e. The number of pyridine rings is 1. The molecule has 2 heterocycles. The molecule has 0 aliphatic carbocycles. The van der Waals surface area contributed by atoms with Crippen LogP contribution in [0.5, 0.6) is 0 Å². The Balaban J connectivity index is 1.68. The summed E-state index contributed by atoms with van der Waals surface area (Å²) >= 11 is 6.25. The number of halogens is 1. The maximum Gasteiger partial charge on any atom is 0.264 e. The van der Waals surface area contributed by atoms with E-state index in [9.17, 15) is 23.2 Å².